The van der Waals surface area contributed by atoms with E-state index >= 15 is 0 Å². The number of carbonyl (C=O) groups is 1. The number of ether oxygens (including phenoxy) is 1. The van der Waals surface area contributed by atoms with E-state index < -0.39 is 19.0 Å². The van der Waals surface area contributed by atoms with Gasteiger partial charge in [0, 0.05) is 13.1 Å². The molecule has 0 aliphatic carbocycles. The maximum Gasteiger partial charge on any atom is 1.00 e. The van der Waals surface area contributed by atoms with Crippen molar-refractivity contribution < 1.29 is 73.9 Å². The van der Waals surface area contributed by atoms with Gasteiger partial charge in [-0.3, -0.25) is 0 Å². The molecule has 2 atom stereocenters. The van der Waals surface area contributed by atoms with Crippen molar-refractivity contribution in [1.82, 2.24) is 9.80 Å². The first kappa shape index (κ1) is 19.8. The quantitative estimate of drug-likeness (QED) is 0.620. The third kappa shape index (κ3) is 6.02. The van der Waals surface area contributed by atoms with Crippen LogP contribution in [0.25, 0.3) is 0 Å². The molecule has 2 aliphatic rings. The molecule has 0 aromatic rings. The number of hydrogen-bond donors (Lipinski definition) is 0. The summed E-state index contributed by atoms with van der Waals surface area (Å²) < 4.78 is 42.5. The van der Waals surface area contributed by atoms with Gasteiger partial charge in [-0.2, -0.15) is 0 Å². The molecule has 0 saturated carbocycles. The van der Waals surface area contributed by atoms with Gasteiger partial charge in [0.05, 0.1) is 0 Å². The summed E-state index contributed by atoms with van der Waals surface area (Å²) in [7, 11) is 0. The molecule has 2 unspecified atom stereocenters. The Labute approximate surface area is 166 Å². The van der Waals surface area contributed by atoms with Gasteiger partial charge < -0.3 is 27.5 Å². The maximum absolute atomic E-state index is 12.4. The van der Waals surface area contributed by atoms with Gasteiger partial charge in [-0.15, -0.1) is 0 Å². The first-order valence-corrected chi connectivity index (χ1v) is 6.95. The normalized spacial score (nSPS) is 26.5. The standard InChI is InChI=1S/C12H21BF3N2O2.K/c1-12(2,3)20-11(19)18-6-9-4-17(5-10(9)7-18)8-13(14,15)16;/h9-10H,4-8H2,1-3H3;/q-1;+1. The van der Waals surface area contributed by atoms with E-state index in [1.807, 2.05) is 0 Å². The van der Waals surface area contributed by atoms with Crippen molar-refractivity contribution in [3.8, 4) is 0 Å². The second-order valence-corrected chi connectivity index (χ2v) is 6.83. The van der Waals surface area contributed by atoms with E-state index in [1.165, 1.54) is 4.90 Å². The Hall–Kier alpha value is 0.721. The van der Waals surface area contributed by atoms with Gasteiger partial charge in [0.2, 0.25) is 0 Å². The van der Waals surface area contributed by atoms with Crippen LogP contribution in [0.15, 0.2) is 0 Å². The van der Waals surface area contributed by atoms with Crippen LogP contribution in [-0.2, 0) is 4.74 Å². The Kier molecular flexibility index (Phi) is 6.67. The molecule has 1 amide bonds. The first-order chi connectivity index (χ1) is 9.03. The zero-order valence-corrected chi connectivity index (χ0v) is 16.2. The van der Waals surface area contributed by atoms with E-state index in [0.717, 1.165) is 0 Å². The second-order valence-electron chi connectivity index (χ2n) is 6.83. The average Bonchev–Trinajstić information content (AvgIpc) is 2.68. The van der Waals surface area contributed by atoms with Crippen molar-refractivity contribution in [3.63, 3.8) is 0 Å². The molecule has 4 nitrogen and oxygen atoms in total. The number of likely N-dealkylation sites (tertiary alicyclic amines) is 2. The number of hydrogen-bond acceptors (Lipinski definition) is 3. The van der Waals surface area contributed by atoms with Gasteiger partial charge >= 0.3 is 64.5 Å². The molecule has 2 saturated heterocycles. The Balaban J connectivity index is 0.00000220. The fourth-order valence-corrected chi connectivity index (χ4v) is 3.01. The SMILES string of the molecule is CC(C)(C)OC(=O)N1CC2CN(C[B-](F)(F)F)CC2C1.[K+]. The summed E-state index contributed by atoms with van der Waals surface area (Å²) in [5, 5.41) is 0. The van der Waals surface area contributed by atoms with Crippen molar-refractivity contribution in [1.29, 1.82) is 0 Å². The molecule has 0 aromatic carbocycles. The van der Waals surface area contributed by atoms with Crippen molar-refractivity contribution >= 4 is 13.1 Å². The number of carbonyl (C=O) groups excluding carboxylic acids is 1. The zero-order valence-electron chi connectivity index (χ0n) is 13.1. The fraction of sp³-hybridized carbons (Fsp3) is 0.917. The van der Waals surface area contributed by atoms with Crippen LogP contribution in [0.5, 0.6) is 0 Å². The predicted octanol–water partition coefficient (Wildman–Crippen LogP) is -0.824. The van der Waals surface area contributed by atoms with Crippen molar-refractivity contribution in [2.75, 3.05) is 32.6 Å². The van der Waals surface area contributed by atoms with Gasteiger partial charge in [0.25, 0.3) is 0 Å². The molecule has 0 spiro atoms. The van der Waals surface area contributed by atoms with Gasteiger partial charge in [0.1, 0.15) is 5.60 Å². The van der Waals surface area contributed by atoms with Crippen molar-refractivity contribution in [2.24, 2.45) is 11.8 Å². The number of nitrogens with zero attached hydrogens (tertiary/aromatic N) is 2. The predicted molar refractivity (Wildman–Crippen MR) is 70.3 cm³/mol. The van der Waals surface area contributed by atoms with Crippen LogP contribution in [0.3, 0.4) is 0 Å². The molecular weight excluding hydrogens is 311 g/mol. The third-order valence-corrected chi connectivity index (χ3v) is 3.68. The monoisotopic (exact) mass is 332 g/mol. The molecule has 0 bridgehead atoms. The van der Waals surface area contributed by atoms with Crippen LogP contribution in [0, 0.1) is 11.8 Å². The molecule has 0 N–H and O–H groups in total. The summed E-state index contributed by atoms with van der Waals surface area (Å²) >= 11 is 0. The summed E-state index contributed by atoms with van der Waals surface area (Å²) in [6.45, 7) is 2.48. The minimum atomic E-state index is -4.77. The summed E-state index contributed by atoms with van der Waals surface area (Å²) in [5.41, 5.74) is -0.542. The average molecular weight is 332 g/mol. The van der Waals surface area contributed by atoms with E-state index in [4.69, 9.17) is 4.74 Å². The van der Waals surface area contributed by atoms with Crippen LogP contribution in [0.4, 0.5) is 17.7 Å². The molecule has 9 heteroatoms. The van der Waals surface area contributed by atoms with E-state index in [2.05, 4.69) is 0 Å². The third-order valence-electron chi connectivity index (χ3n) is 3.68. The van der Waals surface area contributed by atoms with E-state index in [1.54, 1.807) is 25.7 Å². The molecule has 116 valence electrons. The second kappa shape index (κ2) is 7.09. The number of amides is 1. The number of rotatable bonds is 2. The summed E-state index contributed by atoms with van der Waals surface area (Å²) in [6, 6.07) is 0. The van der Waals surface area contributed by atoms with Gasteiger partial charge in [0.15, 0.2) is 0 Å². The smallest absolute Gasteiger partial charge is 0.448 e. The van der Waals surface area contributed by atoms with Gasteiger partial charge in [-0.1, -0.05) is 0 Å². The first-order valence-electron chi connectivity index (χ1n) is 6.95. The van der Waals surface area contributed by atoms with E-state index in [0.29, 0.717) is 26.2 Å². The van der Waals surface area contributed by atoms with E-state index in [9.17, 15) is 17.7 Å². The molecule has 21 heavy (non-hydrogen) atoms. The number of halogens is 3. The Morgan fingerprint density at radius 1 is 1.14 bits per heavy atom. The summed E-state index contributed by atoms with van der Waals surface area (Å²) in [5.74, 6) is 0.279. The molecule has 2 rings (SSSR count). The van der Waals surface area contributed by atoms with Gasteiger partial charge in [-0.25, -0.2) is 4.79 Å². The summed E-state index contributed by atoms with van der Waals surface area (Å²) in [6.07, 6.45) is -1.15. The van der Waals surface area contributed by atoms with Crippen LogP contribution < -0.4 is 51.4 Å². The minimum absolute atomic E-state index is 0. The van der Waals surface area contributed by atoms with Crippen molar-refractivity contribution in [2.45, 2.75) is 26.4 Å². The Bertz CT molecular complexity index is 376. The van der Waals surface area contributed by atoms with Crippen LogP contribution >= 0.6 is 0 Å². The van der Waals surface area contributed by atoms with Crippen LogP contribution in [0.2, 0.25) is 0 Å². The van der Waals surface area contributed by atoms with Crippen molar-refractivity contribution in [3.05, 3.63) is 0 Å². The Morgan fingerprint density at radius 3 is 2.00 bits per heavy atom. The Morgan fingerprint density at radius 2 is 1.62 bits per heavy atom. The molecule has 2 aliphatic heterocycles. The topological polar surface area (TPSA) is 32.8 Å². The van der Waals surface area contributed by atoms with E-state index in [-0.39, 0.29) is 69.3 Å². The van der Waals surface area contributed by atoms with Crippen LogP contribution in [0.1, 0.15) is 20.8 Å². The molecule has 0 radical (unpaired) electrons. The summed E-state index contributed by atoms with van der Waals surface area (Å²) in [4.78, 5) is 15.0. The molecule has 0 aromatic heterocycles. The minimum Gasteiger partial charge on any atom is -0.448 e. The molecule has 2 heterocycles. The maximum atomic E-state index is 12.4. The van der Waals surface area contributed by atoms with Gasteiger partial charge in [-0.05, 0) is 52.1 Å². The molecule has 2 fully saturated rings. The zero-order chi connectivity index (χ0) is 15.1. The number of fused-ring (bicyclic) bond motifs is 1. The van der Waals surface area contributed by atoms with Crippen LogP contribution in [-0.4, -0.2) is 61.1 Å². The fourth-order valence-electron chi connectivity index (χ4n) is 3.01. The largest absolute Gasteiger partial charge is 1.00 e. The molecular formula is C12H21BF3KN2O2.